The van der Waals surface area contributed by atoms with Gasteiger partial charge in [0.2, 0.25) is 17.7 Å². The van der Waals surface area contributed by atoms with Crippen molar-refractivity contribution in [2.45, 2.75) is 50.2 Å². The number of carboxylic acid groups (broad SMARTS) is 2. The molecule has 3 unspecified atom stereocenters. The molecule has 1 rings (SSSR count). The summed E-state index contributed by atoms with van der Waals surface area (Å²) in [5.74, 6) is -4.89. The first-order valence-electron chi connectivity index (χ1n) is 7.77. The number of primary amides is 1. The van der Waals surface area contributed by atoms with Crippen molar-refractivity contribution in [1.82, 2.24) is 16.0 Å². The molecule has 7 N–H and O–H groups in total. The molecule has 0 aliphatic carbocycles. The molecule has 1 aliphatic rings. The van der Waals surface area contributed by atoms with Crippen molar-refractivity contribution in [3.05, 3.63) is 0 Å². The van der Waals surface area contributed by atoms with E-state index in [-0.39, 0.29) is 6.42 Å². The van der Waals surface area contributed by atoms with Crippen LogP contribution in [0.2, 0.25) is 0 Å². The molecule has 140 valence electrons. The lowest BCUT2D eigenvalue weighted by atomic mass is 10.1. The fraction of sp³-hybridized carbons (Fsp3) is 0.643. The zero-order valence-corrected chi connectivity index (χ0v) is 13.5. The number of nitrogens with one attached hydrogen (secondary N) is 3. The van der Waals surface area contributed by atoms with Crippen LogP contribution in [0.25, 0.3) is 0 Å². The number of rotatable bonds is 10. The summed E-state index contributed by atoms with van der Waals surface area (Å²) in [7, 11) is 0. The van der Waals surface area contributed by atoms with Crippen LogP contribution < -0.4 is 21.7 Å². The van der Waals surface area contributed by atoms with E-state index in [0.29, 0.717) is 13.0 Å². The fourth-order valence-electron chi connectivity index (χ4n) is 2.39. The lowest BCUT2D eigenvalue weighted by Gasteiger charge is -2.21. The molecule has 3 amide bonds. The maximum atomic E-state index is 12.2. The van der Waals surface area contributed by atoms with Crippen LogP contribution in [-0.2, 0) is 24.0 Å². The summed E-state index contributed by atoms with van der Waals surface area (Å²) in [4.78, 5) is 57.1. The summed E-state index contributed by atoms with van der Waals surface area (Å²) >= 11 is 0. The van der Waals surface area contributed by atoms with E-state index < -0.39 is 60.6 Å². The van der Waals surface area contributed by atoms with Gasteiger partial charge in [0.1, 0.15) is 12.1 Å². The Bertz CT molecular complexity index is 545. The van der Waals surface area contributed by atoms with Gasteiger partial charge in [-0.3, -0.25) is 19.2 Å². The number of amides is 3. The summed E-state index contributed by atoms with van der Waals surface area (Å²) in [6.45, 7) is 0.654. The molecule has 0 bridgehead atoms. The average Bonchev–Trinajstić information content (AvgIpc) is 3.03. The number of carboxylic acids is 2. The third kappa shape index (κ3) is 7.16. The van der Waals surface area contributed by atoms with Crippen LogP contribution in [-0.4, -0.2) is 64.5 Å². The number of carbonyl (C=O) groups excluding carboxylic acids is 3. The van der Waals surface area contributed by atoms with Crippen LogP contribution in [0, 0.1) is 0 Å². The van der Waals surface area contributed by atoms with Gasteiger partial charge in [-0.05, 0) is 25.8 Å². The first kappa shape index (κ1) is 20.4. The van der Waals surface area contributed by atoms with Crippen LogP contribution in [0.3, 0.4) is 0 Å². The monoisotopic (exact) mass is 358 g/mol. The van der Waals surface area contributed by atoms with E-state index in [2.05, 4.69) is 16.0 Å². The van der Waals surface area contributed by atoms with E-state index in [1.165, 1.54) is 0 Å². The second kappa shape index (κ2) is 9.57. The van der Waals surface area contributed by atoms with E-state index >= 15 is 0 Å². The van der Waals surface area contributed by atoms with Gasteiger partial charge in [-0.25, -0.2) is 4.79 Å². The Balaban J connectivity index is 2.72. The zero-order chi connectivity index (χ0) is 19.0. The number of carbonyl (C=O) groups is 5. The quantitative estimate of drug-likeness (QED) is 0.248. The summed E-state index contributed by atoms with van der Waals surface area (Å²) in [6.07, 6.45) is 0.0671. The van der Waals surface area contributed by atoms with Crippen molar-refractivity contribution >= 4 is 29.7 Å². The van der Waals surface area contributed by atoms with Gasteiger partial charge in [-0.2, -0.15) is 0 Å². The SMILES string of the molecule is NC(=O)CC(NC(=O)C1CCCN1)C(=O)NC(CCC(=O)O)C(=O)O. The van der Waals surface area contributed by atoms with Crippen LogP contribution in [0.1, 0.15) is 32.1 Å². The van der Waals surface area contributed by atoms with E-state index in [0.717, 1.165) is 6.42 Å². The number of aliphatic carboxylic acids is 2. The first-order valence-corrected chi connectivity index (χ1v) is 7.77. The molecule has 0 aromatic carbocycles. The normalized spacial score (nSPS) is 18.8. The first-order chi connectivity index (χ1) is 11.7. The van der Waals surface area contributed by atoms with E-state index in [1.54, 1.807) is 0 Å². The maximum Gasteiger partial charge on any atom is 0.326 e. The van der Waals surface area contributed by atoms with Crippen molar-refractivity contribution in [3.8, 4) is 0 Å². The maximum absolute atomic E-state index is 12.2. The smallest absolute Gasteiger partial charge is 0.326 e. The molecule has 0 aromatic rings. The molecular weight excluding hydrogens is 336 g/mol. The van der Waals surface area contributed by atoms with Gasteiger partial charge in [-0.15, -0.1) is 0 Å². The molecular formula is C14H22N4O7. The van der Waals surface area contributed by atoms with E-state index in [4.69, 9.17) is 15.9 Å². The standard InChI is InChI=1S/C14H22N4O7/c15-10(19)6-9(18-12(22)7-2-1-5-16-7)13(23)17-8(14(24)25)3-4-11(20)21/h7-9,16H,1-6H2,(H2,15,19)(H,17,23)(H,18,22)(H,20,21)(H,24,25). The van der Waals surface area contributed by atoms with E-state index in [1.807, 2.05) is 0 Å². The molecule has 1 aliphatic heterocycles. The van der Waals surface area contributed by atoms with Gasteiger partial charge >= 0.3 is 11.9 Å². The van der Waals surface area contributed by atoms with Crippen LogP contribution in [0.5, 0.6) is 0 Å². The van der Waals surface area contributed by atoms with Crippen molar-refractivity contribution in [1.29, 1.82) is 0 Å². The molecule has 0 radical (unpaired) electrons. The second-order valence-corrected chi connectivity index (χ2v) is 5.71. The van der Waals surface area contributed by atoms with Gasteiger partial charge in [0.05, 0.1) is 12.5 Å². The Labute approximate surface area is 143 Å². The third-order valence-corrected chi connectivity index (χ3v) is 3.68. The summed E-state index contributed by atoms with van der Waals surface area (Å²) < 4.78 is 0. The predicted molar refractivity (Wildman–Crippen MR) is 83.2 cm³/mol. The predicted octanol–water partition coefficient (Wildman–Crippen LogP) is -2.47. The van der Waals surface area contributed by atoms with Crippen molar-refractivity contribution in [3.63, 3.8) is 0 Å². The minimum absolute atomic E-state index is 0.335. The highest BCUT2D eigenvalue weighted by molar-refractivity contribution is 5.94. The van der Waals surface area contributed by atoms with Crippen LogP contribution in [0.15, 0.2) is 0 Å². The minimum atomic E-state index is -1.46. The second-order valence-electron chi connectivity index (χ2n) is 5.71. The van der Waals surface area contributed by atoms with Gasteiger partial charge in [-0.1, -0.05) is 0 Å². The van der Waals surface area contributed by atoms with Gasteiger partial charge in [0.15, 0.2) is 0 Å². The van der Waals surface area contributed by atoms with Crippen molar-refractivity contribution in [2.75, 3.05) is 6.54 Å². The van der Waals surface area contributed by atoms with Gasteiger partial charge in [0.25, 0.3) is 0 Å². The number of hydrogen-bond acceptors (Lipinski definition) is 6. The molecule has 1 saturated heterocycles. The average molecular weight is 358 g/mol. The molecule has 0 spiro atoms. The number of hydrogen-bond donors (Lipinski definition) is 6. The zero-order valence-electron chi connectivity index (χ0n) is 13.5. The Morgan fingerprint density at radius 3 is 2.28 bits per heavy atom. The fourth-order valence-corrected chi connectivity index (χ4v) is 2.39. The number of nitrogens with two attached hydrogens (primary N) is 1. The Kier molecular flexibility index (Phi) is 7.79. The third-order valence-electron chi connectivity index (χ3n) is 3.68. The van der Waals surface area contributed by atoms with Crippen LogP contribution >= 0.6 is 0 Å². The molecule has 25 heavy (non-hydrogen) atoms. The van der Waals surface area contributed by atoms with Crippen molar-refractivity contribution < 1.29 is 34.2 Å². The lowest BCUT2D eigenvalue weighted by Crippen LogP contribution is -2.55. The molecule has 0 aromatic heterocycles. The van der Waals surface area contributed by atoms with Gasteiger partial charge in [0, 0.05) is 6.42 Å². The minimum Gasteiger partial charge on any atom is -0.481 e. The molecule has 0 saturated carbocycles. The topological polar surface area (TPSA) is 188 Å². The molecule has 11 nitrogen and oxygen atoms in total. The Hall–Kier alpha value is -2.69. The van der Waals surface area contributed by atoms with Crippen molar-refractivity contribution in [2.24, 2.45) is 5.73 Å². The highest BCUT2D eigenvalue weighted by Gasteiger charge is 2.30. The Morgan fingerprint density at radius 1 is 1.12 bits per heavy atom. The van der Waals surface area contributed by atoms with E-state index in [9.17, 15) is 24.0 Å². The van der Waals surface area contributed by atoms with Crippen LogP contribution in [0.4, 0.5) is 0 Å². The van der Waals surface area contributed by atoms with Gasteiger partial charge < -0.3 is 31.9 Å². The highest BCUT2D eigenvalue weighted by Crippen LogP contribution is 2.06. The lowest BCUT2D eigenvalue weighted by molar-refractivity contribution is -0.143. The summed E-state index contributed by atoms with van der Waals surface area (Å²) in [6, 6.07) is -3.29. The molecule has 1 heterocycles. The molecule has 1 fully saturated rings. The molecule has 3 atom stereocenters. The highest BCUT2D eigenvalue weighted by atomic mass is 16.4. The summed E-state index contributed by atoms with van der Waals surface area (Å²) in [5.41, 5.74) is 5.07. The molecule has 11 heteroatoms. The summed E-state index contributed by atoms with van der Waals surface area (Å²) in [5, 5.41) is 25.1. The Morgan fingerprint density at radius 2 is 1.80 bits per heavy atom. The largest absolute Gasteiger partial charge is 0.481 e.